The molecule has 1 aromatic heterocycles. The Labute approximate surface area is 145 Å². The molecule has 0 radical (unpaired) electrons. The van der Waals surface area contributed by atoms with Crippen LogP contribution in [0.4, 0.5) is 0 Å². The van der Waals surface area contributed by atoms with Crippen molar-refractivity contribution in [3.8, 4) is 5.75 Å². The van der Waals surface area contributed by atoms with Gasteiger partial charge in [0.1, 0.15) is 11.3 Å². The number of fused-ring (bicyclic) bond motifs is 2. The standard InChI is InChI=1S/C20H18N2O3/c23-19(9-10-20-22-16-6-2-4-8-18(16)25-20)21-12-14-11-15-5-1-3-7-17(15)24-13-14/h1-10,14H,11-13H2,(H,21,23)/b10-9+. The maximum absolute atomic E-state index is 12.0. The lowest BCUT2D eigenvalue weighted by Crippen LogP contribution is -2.33. The number of oxazole rings is 1. The zero-order chi connectivity index (χ0) is 17.1. The Morgan fingerprint density at radius 2 is 2.04 bits per heavy atom. The number of hydrogen-bond acceptors (Lipinski definition) is 4. The van der Waals surface area contributed by atoms with Gasteiger partial charge in [0, 0.05) is 24.6 Å². The summed E-state index contributed by atoms with van der Waals surface area (Å²) in [5.41, 5.74) is 2.68. The molecule has 1 atom stereocenters. The fraction of sp³-hybridized carbons (Fsp3) is 0.200. The first-order valence-corrected chi connectivity index (χ1v) is 8.30. The average Bonchev–Trinajstić information content (AvgIpc) is 3.07. The van der Waals surface area contributed by atoms with Gasteiger partial charge in [0.25, 0.3) is 0 Å². The van der Waals surface area contributed by atoms with Gasteiger partial charge >= 0.3 is 0 Å². The van der Waals surface area contributed by atoms with Gasteiger partial charge in [-0.25, -0.2) is 4.98 Å². The second-order valence-electron chi connectivity index (χ2n) is 6.09. The molecule has 0 saturated heterocycles. The monoisotopic (exact) mass is 334 g/mol. The van der Waals surface area contributed by atoms with E-state index in [2.05, 4.69) is 16.4 Å². The van der Waals surface area contributed by atoms with Crippen molar-refractivity contribution in [2.45, 2.75) is 6.42 Å². The molecule has 1 unspecified atom stereocenters. The van der Waals surface area contributed by atoms with Gasteiger partial charge in [-0.15, -0.1) is 0 Å². The summed E-state index contributed by atoms with van der Waals surface area (Å²) in [4.78, 5) is 16.3. The van der Waals surface area contributed by atoms with E-state index in [0.29, 0.717) is 24.6 Å². The normalized spacial score (nSPS) is 16.6. The highest BCUT2D eigenvalue weighted by molar-refractivity contribution is 5.91. The molecular formula is C20H18N2O3. The van der Waals surface area contributed by atoms with Crippen molar-refractivity contribution in [2.75, 3.05) is 13.2 Å². The Bertz CT molecular complexity index is 896. The maximum Gasteiger partial charge on any atom is 0.244 e. The third-order valence-electron chi connectivity index (χ3n) is 4.21. The molecule has 2 aromatic carbocycles. The lowest BCUT2D eigenvalue weighted by atomic mass is 9.97. The first-order valence-electron chi connectivity index (χ1n) is 8.30. The molecular weight excluding hydrogens is 316 g/mol. The van der Waals surface area contributed by atoms with Crippen molar-refractivity contribution in [3.63, 3.8) is 0 Å². The molecule has 3 aromatic rings. The van der Waals surface area contributed by atoms with Crippen LogP contribution >= 0.6 is 0 Å². The van der Waals surface area contributed by atoms with Crippen molar-refractivity contribution in [1.82, 2.24) is 10.3 Å². The zero-order valence-electron chi connectivity index (χ0n) is 13.6. The molecule has 0 spiro atoms. The van der Waals surface area contributed by atoms with Crippen LogP contribution in [0.3, 0.4) is 0 Å². The minimum absolute atomic E-state index is 0.166. The highest BCUT2D eigenvalue weighted by Gasteiger charge is 2.19. The van der Waals surface area contributed by atoms with Crippen molar-refractivity contribution in [2.24, 2.45) is 5.92 Å². The van der Waals surface area contributed by atoms with Crippen LogP contribution in [0.1, 0.15) is 11.5 Å². The number of para-hydroxylation sites is 3. The summed E-state index contributed by atoms with van der Waals surface area (Å²) in [5, 5.41) is 2.91. The quantitative estimate of drug-likeness (QED) is 0.744. The summed E-state index contributed by atoms with van der Waals surface area (Å²) in [6.07, 6.45) is 3.94. The third kappa shape index (κ3) is 3.55. The molecule has 0 saturated carbocycles. The highest BCUT2D eigenvalue weighted by atomic mass is 16.5. The number of amides is 1. The number of nitrogens with zero attached hydrogens (tertiary/aromatic N) is 1. The average molecular weight is 334 g/mol. The molecule has 5 nitrogen and oxygen atoms in total. The van der Waals surface area contributed by atoms with E-state index in [9.17, 15) is 4.79 Å². The zero-order valence-corrected chi connectivity index (χ0v) is 13.6. The molecule has 1 aliphatic heterocycles. The highest BCUT2D eigenvalue weighted by Crippen LogP contribution is 2.26. The van der Waals surface area contributed by atoms with Gasteiger partial charge in [-0.3, -0.25) is 4.79 Å². The lowest BCUT2D eigenvalue weighted by molar-refractivity contribution is -0.116. The van der Waals surface area contributed by atoms with Gasteiger partial charge in [-0.2, -0.15) is 0 Å². The number of hydrogen-bond donors (Lipinski definition) is 1. The van der Waals surface area contributed by atoms with E-state index in [1.165, 1.54) is 11.6 Å². The number of carbonyl (C=O) groups excluding carboxylic acids is 1. The van der Waals surface area contributed by atoms with Crippen LogP contribution in [0.15, 0.2) is 59.0 Å². The molecule has 126 valence electrons. The molecule has 2 heterocycles. The van der Waals surface area contributed by atoms with Gasteiger partial charge in [0.05, 0.1) is 6.61 Å². The third-order valence-corrected chi connectivity index (χ3v) is 4.21. The Morgan fingerprint density at radius 3 is 2.96 bits per heavy atom. The van der Waals surface area contributed by atoms with Crippen molar-refractivity contribution in [3.05, 3.63) is 66.1 Å². The van der Waals surface area contributed by atoms with E-state index >= 15 is 0 Å². The van der Waals surface area contributed by atoms with Gasteiger partial charge in [-0.1, -0.05) is 30.3 Å². The topological polar surface area (TPSA) is 64.4 Å². The van der Waals surface area contributed by atoms with Gasteiger partial charge in [0.2, 0.25) is 11.8 Å². The van der Waals surface area contributed by atoms with Crippen LogP contribution in [0.2, 0.25) is 0 Å². The number of rotatable bonds is 4. The summed E-state index contributed by atoms with van der Waals surface area (Å²) in [6, 6.07) is 15.5. The van der Waals surface area contributed by atoms with Crippen molar-refractivity contribution >= 4 is 23.1 Å². The molecule has 0 aliphatic carbocycles. The van der Waals surface area contributed by atoms with Crippen LogP contribution in [-0.4, -0.2) is 24.0 Å². The predicted octanol–water partition coefficient (Wildman–Crippen LogP) is 3.21. The molecule has 1 N–H and O–H groups in total. The van der Waals surface area contributed by atoms with Crippen LogP contribution in [0.5, 0.6) is 5.75 Å². The van der Waals surface area contributed by atoms with E-state index < -0.39 is 0 Å². The summed E-state index contributed by atoms with van der Waals surface area (Å²) in [5.74, 6) is 1.48. The Hall–Kier alpha value is -3.08. The van der Waals surface area contributed by atoms with Gasteiger partial charge in [0.15, 0.2) is 5.58 Å². The minimum Gasteiger partial charge on any atom is -0.493 e. The number of benzene rings is 2. The van der Waals surface area contributed by atoms with Crippen molar-refractivity contribution < 1.29 is 13.9 Å². The summed E-state index contributed by atoms with van der Waals surface area (Å²) in [6.45, 7) is 1.19. The Kier molecular flexibility index (Phi) is 4.21. The fourth-order valence-electron chi connectivity index (χ4n) is 2.93. The van der Waals surface area contributed by atoms with Crippen LogP contribution < -0.4 is 10.1 Å². The molecule has 0 bridgehead atoms. The van der Waals surface area contributed by atoms with Crippen LogP contribution in [0.25, 0.3) is 17.2 Å². The predicted molar refractivity (Wildman–Crippen MR) is 95.2 cm³/mol. The van der Waals surface area contributed by atoms with E-state index in [0.717, 1.165) is 17.7 Å². The van der Waals surface area contributed by atoms with Gasteiger partial charge in [-0.05, 0) is 30.2 Å². The Balaban J connectivity index is 1.32. The number of aromatic nitrogens is 1. The summed E-state index contributed by atoms with van der Waals surface area (Å²) < 4.78 is 11.3. The van der Waals surface area contributed by atoms with E-state index in [4.69, 9.17) is 9.15 Å². The first-order chi connectivity index (χ1) is 12.3. The molecule has 1 aliphatic rings. The van der Waals surface area contributed by atoms with E-state index in [-0.39, 0.29) is 11.8 Å². The number of nitrogens with one attached hydrogen (secondary N) is 1. The second kappa shape index (κ2) is 6.81. The fourth-order valence-corrected chi connectivity index (χ4v) is 2.93. The summed E-state index contributed by atoms with van der Waals surface area (Å²) in [7, 11) is 0. The number of carbonyl (C=O) groups is 1. The molecule has 25 heavy (non-hydrogen) atoms. The van der Waals surface area contributed by atoms with Crippen LogP contribution in [0, 0.1) is 5.92 Å². The molecule has 0 fully saturated rings. The van der Waals surface area contributed by atoms with Gasteiger partial charge < -0.3 is 14.5 Å². The smallest absolute Gasteiger partial charge is 0.244 e. The Morgan fingerprint density at radius 1 is 1.20 bits per heavy atom. The first kappa shape index (κ1) is 15.4. The SMILES string of the molecule is O=C(/C=C/c1nc2ccccc2o1)NCC1COc2ccccc2C1. The van der Waals surface area contributed by atoms with E-state index in [1.807, 2.05) is 42.5 Å². The number of ether oxygens (including phenoxy) is 1. The largest absolute Gasteiger partial charge is 0.493 e. The molecule has 5 heteroatoms. The second-order valence-corrected chi connectivity index (χ2v) is 6.09. The molecule has 4 rings (SSSR count). The lowest BCUT2D eigenvalue weighted by Gasteiger charge is -2.25. The molecule has 1 amide bonds. The summed E-state index contributed by atoms with van der Waals surface area (Å²) >= 11 is 0. The van der Waals surface area contributed by atoms with Crippen molar-refractivity contribution in [1.29, 1.82) is 0 Å². The minimum atomic E-state index is -0.166. The van der Waals surface area contributed by atoms with Crippen LogP contribution in [-0.2, 0) is 11.2 Å². The maximum atomic E-state index is 12.0. The van der Waals surface area contributed by atoms with E-state index in [1.54, 1.807) is 6.08 Å².